The van der Waals surface area contributed by atoms with Gasteiger partial charge in [0, 0.05) is 78.2 Å². The van der Waals surface area contributed by atoms with E-state index in [2.05, 4.69) is 137 Å². The summed E-state index contributed by atoms with van der Waals surface area (Å²) in [5.74, 6) is 1.15. The van der Waals surface area contributed by atoms with Crippen LogP contribution in [0.1, 0.15) is 38.8 Å². The minimum absolute atomic E-state index is 0.401. The van der Waals surface area contributed by atoms with E-state index in [0.29, 0.717) is 45.6 Å². The van der Waals surface area contributed by atoms with Crippen molar-refractivity contribution in [1.29, 1.82) is 10.5 Å². The number of hydrogen-bond donors (Lipinski definition) is 0. The van der Waals surface area contributed by atoms with Crippen molar-refractivity contribution in [1.82, 2.24) is 19.9 Å². The molecule has 14 aromatic rings. The molecule has 1 saturated heterocycles. The number of aromatic nitrogens is 4. The predicted octanol–water partition coefficient (Wildman–Crippen LogP) is 19.8. The molecule has 4 aromatic heterocycles. The van der Waals surface area contributed by atoms with Crippen molar-refractivity contribution < 1.29 is 9.31 Å². The zero-order valence-corrected chi connectivity index (χ0v) is 51.7. The summed E-state index contributed by atoms with van der Waals surface area (Å²) in [6.45, 7) is 8.18. The number of hydrogen-bond acceptors (Lipinski definition) is 10. The summed E-state index contributed by atoms with van der Waals surface area (Å²) in [7, 11) is -0.435. The van der Waals surface area contributed by atoms with Gasteiger partial charge in [-0.1, -0.05) is 237 Å². The largest absolute Gasteiger partial charge is 0.494 e. The van der Waals surface area contributed by atoms with Crippen LogP contribution >= 0.6 is 38.6 Å². The molecule has 8 nitrogen and oxygen atoms in total. The fourth-order valence-corrected chi connectivity index (χ4v) is 13.8. The van der Waals surface area contributed by atoms with E-state index in [9.17, 15) is 10.5 Å². The fourth-order valence-electron chi connectivity index (χ4n) is 10.9. The lowest BCUT2D eigenvalue weighted by molar-refractivity contribution is 0.00578. The van der Waals surface area contributed by atoms with Crippen LogP contribution < -0.4 is 5.46 Å². The second-order valence-electron chi connectivity index (χ2n) is 22.2. The van der Waals surface area contributed by atoms with Crippen LogP contribution in [0, 0.1) is 22.7 Å². The highest BCUT2D eigenvalue weighted by atomic mass is 79.9. The molecule has 0 amide bonds. The van der Waals surface area contributed by atoms with E-state index in [-0.39, 0.29) is 0 Å². The number of halogens is 1. The molecule has 0 N–H and O–H groups in total. The molecule has 0 radical (unpaired) electrons. The Balaban J connectivity index is 0.000000134. The molecule has 12 heteroatoms. The van der Waals surface area contributed by atoms with Gasteiger partial charge in [0.25, 0.3) is 0 Å². The normalized spacial score (nSPS) is 13.1. The summed E-state index contributed by atoms with van der Waals surface area (Å²) in [5, 5.41) is 25.5. The van der Waals surface area contributed by atoms with Crippen LogP contribution in [-0.4, -0.2) is 38.3 Å². The summed E-state index contributed by atoms with van der Waals surface area (Å²) < 4.78 is 18.9. The third-order valence-electron chi connectivity index (χ3n) is 16.1. The van der Waals surface area contributed by atoms with Crippen molar-refractivity contribution >= 4 is 91.5 Å². The molecule has 0 bridgehead atoms. The van der Waals surface area contributed by atoms with Crippen LogP contribution in [0.3, 0.4) is 0 Å². The monoisotopic (exact) mass is 1240 g/mol. The quantitative estimate of drug-likeness (QED) is 0.138. The van der Waals surface area contributed by atoms with Gasteiger partial charge < -0.3 is 9.31 Å². The lowest BCUT2D eigenvalue weighted by atomic mass is 9.79. The zero-order valence-electron chi connectivity index (χ0n) is 48.5. The SMILES string of the molecule is Brc1cccc2c1sc1ccccc12.CC1(C)OB(c2ccc(-c3nc(-c4ccccc4)c(C#N)c(-c4ccccc4)n3)cc2)OC1(C)C.N#Cc1c(-c2ccccc2)nc(-c2ccc(-c3cccc4c3sc3ccccc34)cc2)nc1-c1ccccc1. The molecule has 0 atom stereocenters. The van der Waals surface area contributed by atoms with Gasteiger partial charge in [-0.15, -0.1) is 22.7 Å². The van der Waals surface area contributed by atoms with Crippen LogP contribution in [0.2, 0.25) is 0 Å². The summed E-state index contributed by atoms with van der Waals surface area (Å²) in [4.78, 5) is 19.5. The molecule has 0 saturated carbocycles. The third kappa shape index (κ3) is 11.3. The minimum atomic E-state index is -0.435. The number of rotatable bonds is 8. The first-order valence-corrected chi connectivity index (χ1v) is 31.3. The molecule has 0 unspecified atom stereocenters. The fraction of sp³-hybridized carbons (Fsp3) is 0.0789. The molecule has 1 aliphatic heterocycles. The van der Waals surface area contributed by atoms with Crippen LogP contribution in [0.15, 0.2) is 259 Å². The van der Waals surface area contributed by atoms with Crippen molar-refractivity contribution in [2.24, 2.45) is 0 Å². The Labute approximate surface area is 528 Å². The minimum Gasteiger partial charge on any atom is -0.399 e. The van der Waals surface area contributed by atoms with E-state index < -0.39 is 18.3 Å². The van der Waals surface area contributed by atoms with Gasteiger partial charge in [0.1, 0.15) is 23.3 Å². The lowest BCUT2D eigenvalue weighted by Gasteiger charge is -2.32. The third-order valence-corrected chi connectivity index (χ3v) is 19.5. The number of benzene rings is 10. The van der Waals surface area contributed by atoms with E-state index in [1.54, 1.807) is 0 Å². The van der Waals surface area contributed by atoms with Gasteiger partial charge in [-0.2, -0.15) is 10.5 Å². The molecule has 1 fully saturated rings. The highest BCUT2D eigenvalue weighted by molar-refractivity contribution is 9.10. The van der Waals surface area contributed by atoms with E-state index in [1.807, 2.05) is 196 Å². The zero-order chi connectivity index (χ0) is 60.4. The van der Waals surface area contributed by atoms with Gasteiger partial charge in [-0.25, -0.2) is 19.9 Å². The average molecular weight is 1240 g/mol. The summed E-state index contributed by atoms with van der Waals surface area (Å²) in [5.41, 5.74) is 11.2. The van der Waals surface area contributed by atoms with E-state index in [0.717, 1.165) is 44.4 Å². The van der Waals surface area contributed by atoms with Crippen LogP contribution in [0.25, 0.3) is 119 Å². The summed E-state index contributed by atoms with van der Waals surface area (Å²) in [6.07, 6.45) is 0. The molecule has 1 aliphatic rings. The van der Waals surface area contributed by atoms with E-state index in [4.69, 9.17) is 29.2 Å². The molecule has 0 aliphatic carbocycles. The maximum Gasteiger partial charge on any atom is 0.494 e. The maximum atomic E-state index is 10.2. The van der Waals surface area contributed by atoms with Crippen molar-refractivity contribution in [3.8, 4) is 91.1 Å². The van der Waals surface area contributed by atoms with Crippen molar-refractivity contribution in [3.63, 3.8) is 0 Å². The Bertz CT molecular complexity index is 4810. The van der Waals surface area contributed by atoms with Crippen LogP contribution in [0.4, 0.5) is 0 Å². The van der Waals surface area contributed by atoms with Gasteiger partial charge in [0.15, 0.2) is 11.6 Å². The lowest BCUT2D eigenvalue weighted by Crippen LogP contribution is -2.41. The molecule has 88 heavy (non-hydrogen) atoms. The number of nitriles is 2. The van der Waals surface area contributed by atoms with Crippen LogP contribution in [0.5, 0.6) is 0 Å². The number of thiophene rings is 2. The number of nitrogens with zero attached hydrogens (tertiary/aromatic N) is 6. The van der Waals surface area contributed by atoms with Crippen molar-refractivity contribution in [2.45, 2.75) is 38.9 Å². The van der Waals surface area contributed by atoms with Gasteiger partial charge in [-0.05, 0) is 78.4 Å². The number of fused-ring (bicyclic) bond motifs is 6. The maximum absolute atomic E-state index is 10.2. The van der Waals surface area contributed by atoms with E-state index in [1.165, 1.54) is 50.4 Å². The molecule has 5 heterocycles. The molecule has 10 aromatic carbocycles. The van der Waals surface area contributed by atoms with Crippen molar-refractivity contribution in [2.75, 3.05) is 0 Å². The van der Waals surface area contributed by atoms with Gasteiger partial charge >= 0.3 is 7.12 Å². The Kier molecular flexibility index (Phi) is 16.0. The highest BCUT2D eigenvalue weighted by Gasteiger charge is 2.51. The first-order chi connectivity index (χ1) is 42.9. The Morgan fingerprint density at radius 3 is 1.12 bits per heavy atom. The molecule has 0 spiro atoms. The second kappa shape index (κ2) is 24.5. The van der Waals surface area contributed by atoms with E-state index >= 15 is 0 Å². The Morgan fingerprint density at radius 2 is 0.705 bits per heavy atom. The van der Waals surface area contributed by atoms with Crippen molar-refractivity contribution in [3.05, 3.63) is 270 Å². The van der Waals surface area contributed by atoms with Gasteiger partial charge in [-0.3, -0.25) is 0 Å². The Morgan fingerprint density at radius 1 is 0.364 bits per heavy atom. The van der Waals surface area contributed by atoms with Crippen LogP contribution in [-0.2, 0) is 9.31 Å². The molecular formula is C76H54BBrN6O2S2. The smallest absolute Gasteiger partial charge is 0.399 e. The highest BCUT2D eigenvalue weighted by Crippen LogP contribution is 2.42. The van der Waals surface area contributed by atoms with Gasteiger partial charge in [0.2, 0.25) is 0 Å². The molecule has 422 valence electrons. The predicted molar refractivity (Wildman–Crippen MR) is 367 cm³/mol. The second-order valence-corrected chi connectivity index (χ2v) is 25.2. The first kappa shape index (κ1) is 57.3. The van der Waals surface area contributed by atoms with Gasteiger partial charge in [0.05, 0.1) is 34.0 Å². The topological polar surface area (TPSA) is 118 Å². The standard InChI is InChI=1S/C35H21N3S.C29H26BN3O2.C12H7BrS/c36-22-30-32(24-10-3-1-4-11-24)37-35(38-33(30)25-12-5-2-6-13-25)26-20-18-23(19-21-26)27-15-9-16-29-28-14-7-8-17-31(28)39-34(27)29;1-28(2)29(3,4)35-30(34-28)23-17-15-22(16-18-23)27-32-25(20-11-7-5-8-12-20)24(19-31)26(33-27)21-13-9-6-10-14-21;13-10-6-3-5-9-8-4-1-2-7-11(8)14-12(9)10/h1-21H;5-18H,1-4H3;1-7H. The summed E-state index contributed by atoms with van der Waals surface area (Å²) in [6, 6.07) is 90.3. The summed E-state index contributed by atoms with van der Waals surface area (Å²) >= 11 is 7.26. The Hall–Kier alpha value is -9.76. The first-order valence-electron chi connectivity index (χ1n) is 28.8. The average Bonchev–Trinajstić information content (AvgIpc) is 2.74. The molecule has 15 rings (SSSR count). The molecular weight excluding hydrogens is 1180 g/mol.